The lowest BCUT2D eigenvalue weighted by molar-refractivity contribution is 0.343. The largest absolute Gasteiger partial charge is 0.392 e. The maximum absolute atomic E-state index is 12.8. The molecule has 0 bridgehead atoms. The molecule has 13 heavy (non-hydrogen) atoms. The smallest absolute Gasteiger partial charge is 0.123 e. The van der Waals surface area contributed by atoms with Gasteiger partial charge in [0.05, 0.1) is 6.61 Å². The Hall–Kier alpha value is -1.41. The second-order valence-electron chi connectivity index (χ2n) is 2.56. The highest BCUT2D eigenvalue weighted by atomic mass is 19.1. The van der Waals surface area contributed by atoms with Crippen LogP contribution in [0.3, 0.4) is 0 Å². The molecule has 1 rings (SSSR count). The monoisotopic (exact) mass is 178 g/mol. The van der Waals surface area contributed by atoms with E-state index in [0.717, 1.165) is 11.1 Å². The lowest BCUT2D eigenvalue weighted by Gasteiger charge is -1.99. The van der Waals surface area contributed by atoms with Gasteiger partial charge in [-0.3, -0.25) is 0 Å². The Morgan fingerprint density at radius 1 is 1.38 bits per heavy atom. The number of halogens is 1. The number of rotatable bonds is 3. The van der Waals surface area contributed by atoms with Crippen LogP contribution >= 0.6 is 0 Å². The van der Waals surface area contributed by atoms with Crippen LogP contribution in [0, 0.1) is 5.82 Å². The van der Waals surface area contributed by atoms with Crippen molar-refractivity contribution in [2.75, 3.05) is 6.61 Å². The van der Waals surface area contributed by atoms with Crippen LogP contribution in [0.2, 0.25) is 0 Å². The van der Waals surface area contributed by atoms with Gasteiger partial charge in [-0.2, -0.15) is 0 Å². The Morgan fingerprint density at radius 3 is 2.77 bits per heavy atom. The number of aliphatic hydroxyl groups excluding tert-OH is 1. The van der Waals surface area contributed by atoms with Crippen LogP contribution in [-0.2, 0) is 0 Å². The molecule has 0 aliphatic rings. The van der Waals surface area contributed by atoms with Crippen molar-refractivity contribution in [2.45, 2.75) is 0 Å². The van der Waals surface area contributed by atoms with Crippen molar-refractivity contribution in [3.05, 3.63) is 47.8 Å². The van der Waals surface area contributed by atoms with Crippen LogP contribution < -0.4 is 0 Å². The summed E-state index contributed by atoms with van der Waals surface area (Å²) in [6.45, 7) is 3.56. The molecular formula is C11H11FO. The fraction of sp³-hybridized carbons (Fsp3) is 0.0909. The molecule has 0 radical (unpaired) electrons. The summed E-state index contributed by atoms with van der Waals surface area (Å²) < 4.78 is 12.8. The van der Waals surface area contributed by atoms with Gasteiger partial charge in [0.25, 0.3) is 0 Å². The average Bonchev–Trinajstić information content (AvgIpc) is 2.15. The third-order valence-corrected chi connectivity index (χ3v) is 1.67. The Morgan fingerprint density at radius 2 is 2.15 bits per heavy atom. The van der Waals surface area contributed by atoms with Gasteiger partial charge in [-0.15, -0.1) is 0 Å². The third kappa shape index (κ3) is 2.53. The number of benzene rings is 1. The molecule has 68 valence electrons. The van der Waals surface area contributed by atoms with Crippen LogP contribution in [0.25, 0.3) is 12.2 Å². The molecule has 2 heteroatoms. The first-order valence-electron chi connectivity index (χ1n) is 3.97. The first kappa shape index (κ1) is 9.68. The van der Waals surface area contributed by atoms with Crippen molar-refractivity contribution >= 4 is 12.2 Å². The minimum atomic E-state index is -0.289. The maximum atomic E-state index is 12.8. The Bertz CT molecular complexity index is 329. The van der Waals surface area contributed by atoms with Crippen molar-refractivity contribution in [1.82, 2.24) is 0 Å². The quantitative estimate of drug-likeness (QED) is 0.753. The average molecular weight is 178 g/mol. The van der Waals surface area contributed by atoms with E-state index in [0.29, 0.717) is 0 Å². The van der Waals surface area contributed by atoms with Gasteiger partial charge in [0.1, 0.15) is 5.82 Å². The van der Waals surface area contributed by atoms with Crippen molar-refractivity contribution in [3.63, 3.8) is 0 Å². The van der Waals surface area contributed by atoms with E-state index in [1.807, 2.05) is 0 Å². The fourth-order valence-corrected chi connectivity index (χ4v) is 1.06. The molecule has 0 saturated carbocycles. The van der Waals surface area contributed by atoms with Crippen LogP contribution in [0.15, 0.2) is 30.9 Å². The molecule has 0 aliphatic carbocycles. The maximum Gasteiger partial charge on any atom is 0.123 e. The van der Waals surface area contributed by atoms with Gasteiger partial charge in [-0.1, -0.05) is 30.9 Å². The predicted octanol–water partition coefficient (Wildman–Crippen LogP) is 2.47. The normalized spacial score (nSPS) is 10.6. The standard InChI is InChI=1S/C11H11FO/c1-2-9-5-6-11(12)8-10(9)4-3-7-13/h2-6,8,13H,1,7H2/b4-3+. The molecule has 0 saturated heterocycles. The van der Waals surface area contributed by atoms with Crippen LogP contribution in [0.4, 0.5) is 4.39 Å². The van der Waals surface area contributed by atoms with Crippen molar-refractivity contribution in [3.8, 4) is 0 Å². The molecule has 1 N–H and O–H groups in total. The summed E-state index contributed by atoms with van der Waals surface area (Å²) >= 11 is 0. The van der Waals surface area contributed by atoms with Crippen LogP contribution in [0.1, 0.15) is 11.1 Å². The molecule has 1 aromatic carbocycles. The minimum Gasteiger partial charge on any atom is -0.392 e. The van der Waals surface area contributed by atoms with Gasteiger partial charge in [-0.25, -0.2) is 4.39 Å². The summed E-state index contributed by atoms with van der Waals surface area (Å²) in [6.07, 6.45) is 4.87. The molecule has 0 heterocycles. The van der Waals surface area contributed by atoms with E-state index in [4.69, 9.17) is 5.11 Å². The Labute approximate surface area is 76.8 Å². The zero-order valence-corrected chi connectivity index (χ0v) is 7.20. The molecule has 0 unspecified atom stereocenters. The number of hydrogen-bond donors (Lipinski definition) is 1. The zero-order valence-electron chi connectivity index (χ0n) is 7.20. The van der Waals surface area contributed by atoms with E-state index >= 15 is 0 Å². The molecule has 0 aliphatic heterocycles. The van der Waals surface area contributed by atoms with Crippen molar-refractivity contribution in [2.24, 2.45) is 0 Å². The Balaban J connectivity index is 3.08. The van der Waals surface area contributed by atoms with Gasteiger partial charge < -0.3 is 5.11 Å². The van der Waals surface area contributed by atoms with Gasteiger partial charge in [0.2, 0.25) is 0 Å². The molecule has 1 aromatic rings. The molecule has 0 spiro atoms. The van der Waals surface area contributed by atoms with E-state index in [-0.39, 0.29) is 12.4 Å². The second-order valence-corrected chi connectivity index (χ2v) is 2.56. The van der Waals surface area contributed by atoms with Crippen LogP contribution in [-0.4, -0.2) is 11.7 Å². The van der Waals surface area contributed by atoms with Gasteiger partial charge >= 0.3 is 0 Å². The lowest BCUT2D eigenvalue weighted by Crippen LogP contribution is -1.83. The number of hydrogen-bond acceptors (Lipinski definition) is 1. The summed E-state index contributed by atoms with van der Waals surface area (Å²) in [6, 6.07) is 4.44. The zero-order chi connectivity index (χ0) is 9.68. The van der Waals surface area contributed by atoms with Crippen molar-refractivity contribution < 1.29 is 9.50 Å². The van der Waals surface area contributed by atoms with Gasteiger partial charge in [0.15, 0.2) is 0 Å². The highest BCUT2D eigenvalue weighted by molar-refractivity contribution is 5.64. The SMILES string of the molecule is C=Cc1ccc(F)cc1/C=C/CO. The summed E-state index contributed by atoms with van der Waals surface area (Å²) in [4.78, 5) is 0. The molecule has 0 aromatic heterocycles. The molecular weight excluding hydrogens is 167 g/mol. The number of aliphatic hydroxyl groups is 1. The highest BCUT2D eigenvalue weighted by Crippen LogP contribution is 2.14. The second kappa shape index (κ2) is 4.58. The summed E-state index contributed by atoms with van der Waals surface area (Å²) in [5, 5.41) is 8.55. The molecule has 0 atom stereocenters. The van der Waals surface area contributed by atoms with E-state index in [9.17, 15) is 4.39 Å². The molecule has 0 amide bonds. The van der Waals surface area contributed by atoms with Crippen LogP contribution in [0.5, 0.6) is 0 Å². The molecule has 0 fully saturated rings. The van der Waals surface area contributed by atoms with E-state index in [1.54, 1.807) is 24.3 Å². The van der Waals surface area contributed by atoms with Gasteiger partial charge in [0, 0.05) is 0 Å². The third-order valence-electron chi connectivity index (χ3n) is 1.67. The summed E-state index contributed by atoms with van der Waals surface area (Å²) in [5.74, 6) is -0.289. The molecule has 1 nitrogen and oxygen atoms in total. The van der Waals surface area contributed by atoms with E-state index in [1.165, 1.54) is 12.1 Å². The lowest BCUT2D eigenvalue weighted by atomic mass is 10.1. The minimum absolute atomic E-state index is 0.0485. The summed E-state index contributed by atoms with van der Waals surface area (Å²) in [5.41, 5.74) is 1.58. The first-order valence-corrected chi connectivity index (χ1v) is 3.97. The topological polar surface area (TPSA) is 20.2 Å². The van der Waals surface area contributed by atoms with Gasteiger partial charge in [-0.05, 0) is 23.3 Å². The van der Waals surface area contributed by atoms with Crippen molar-refractivity contribution in [1.29, 1.82) is 0 Å². The van der Waals surface area contributed by atoms with E-state index < -0.39 is 0 Å². The highest BCUT2D eigenvalue weighted by Gasteiger charge is 1.96. The van der Waals surface area contributed by atoms with E-state index in [2.05, 4.69) is 6.58 Å². The Kier molecular flexibility index (Phi) is 3.41. The predicted molar refractivity (Wildman–Crippen MR) is 52.6 cm³/mol. The summed E-state index contributed by atoms with van der Waals surface area (Å²) in [7, 11) is 0. The first-order chi connectivity index (χ1) is 6.27. The fourth-order valence-electron chi connectivity index (χ4n) is 1.06.